The van der Waals surface area contributed by atoms with Crippen molar-refractivity contribution in [2.75, 3.05) is 26.3 Å². The summed E-state index contributed by atoms with van der Waals surface area (Å²) in [5.41, 5.74) is 0. The second-order valence-corrected chi connectivity index (χ2v) is 1.89. The summed E-state index contributed by atoms with van der Waals surface area (Å²) in [6.07, 6.45) is 2.97. The van der Waals surface area contributed by atoms with Gasteiger partial charge in [0.1, 0.15) is 13.2 Å². The number of nitrogens with one attached hydrogen (secondary N) is 2. The standard InChI is InChI=1S/2C3H5NO.CH2N2/c2*1-2-5-3-4-1;2-1-3/h2*3H,1-2H2;2-3H. The van der Waals surface area contributed by atoms with E-state index < -0.39 is 0 Å². The van der Waals surface area contributed by atoms with Gasteiger partial charge in [-0.2, -0.15) is 0 Å². The third-order valence-corrected chi connectivity index (χ3v) is 0.975. The van der Waals surface area contributed by atoms with Gasteiger partial charge in [-0.3, -0.25) is 9.98 Å². The van der Waals surface area contributed by atoms with E-state index in [9.17, 15) is 0 Å². The fourth-order valence-electron chi connectivity index (χ4n) is 0.527. The summed E-state index contributed by atoms with van der Waals surface area (Å²) >= 11 is 0. The van der Waals surface area contributed by atoms with E-state index in [-0.39, 0.29) is 0 Å². The molecule has 0 unspecified atom stereocenters. The summed E-state index contributed by atoms with van der Waals surface area (Å²) in [6.45, 7) is 3.25. The van der Waals surface area contributed by atoms with E-state index in [1.54, 1.807) is 0 Å². The molecule has 0 aromatic carbocycles. The number of hydrogen-bond acceptors (Lipinski definition) is 6. The van der Waals surface area contributed by atoms with Gasteiger partial charge in [0.2, 0.25) is 0 Å². The van der Waals surface area contributed by atoms with Gasteiger partial charge in [0.15, 0.2) is 12.8 Å². The maximum atomic E-state index is 5.62. The number of ether oxygens (including phenoxy) is 2. The Balaban J connectivity index is 0.000000174. The zero-order chi connectivity index (χ0) is 9.78. The lowest BCUT2D eigenvalue weighted by atomic mass is 10.8. The van der Waals surface area contributed by atoms with E-state index in [0.717, 1.165) is 26.3 Å². The van der Waals surface area contributed by atoms with E-state index in [0.29, 0.717) is 0 Å². The molecule has 2 N–H and O–H groups in total. The minimum absolute atomic E-state index is 0.778. The summed E-state index contributed by atoms with van der Waals surface area (Å²) in [7, 11) is 0. The van der Waals surface area contributed by atoms with Crippen LogP contribution < -0.4 is 0 Å². The van der Waals surface area contributed by atoms with Crippen LogP contribution in [0.15, 0.2) is 9.98 Å². The van der Waals surface area contributed by atoms with Crippen molar-refractivity contribution in [3.05, 3.63) is 0 Å². The van der Waals surface area contributed by atoms with E-state index in [1.807, 2.05) is 0 Å². The third-order valence-electron chi connectivity index (χ3n) is 0.975. The van der Waals surface area contributed by atoms with E-state index in [2.05, 4.69) is 19.5 Å². The van der Waals surface area contributed by atoms with Crippen LogP contribution in [0.1, 0.15) is 0 Å². The molecule has 0 aromatic heterocycles. The molecular weight excluding hydrogens is 172 g/mol. The summed E-state index contributed by atoms with van der Waals surface area (Å²) in [5, 5.41) is 11.2. The maximum absolute atomic E-state index is 5.62. The van der Waals surface area contributed by atoms with Crippen molar-refractivity contribution in [3.63, 3.8) is 0 Å². The third kappa shape index (κ3) is 10.3. The van der Waals surface area contributed by atoms with Gasteiger partial charge in [-0.1, -0.05) is 0 Å². The van der Waals surface area contributed by atoms with Gasteiger partial charge in [-0.25, -0.2) is 10.8 Å². The molecule has 0 saturated carbocycles. The molecule has 2 rings (SSSR count). The van der Waals surface area contributed by atoms with Crippen molar-refractivity contribution in [1.29, 1.82) is 10.8 Å². The Kier molecular flexibility index (Phi) is 8.99. The molecular formula is C7H12N4O2. The predicted octanol–water partition coefficient (Wildman–Crippen LogP) is 0.408. The number of nitrogens with zero attached hydrogens (tertiary/aromatic N) is 2. The quantitative estimate of drug-likeness (QED) is 0.533. The van der Waals surface area contributed by atoms with Crippen LogP contribution in [0.5, 0.6) is 0 Å². The van der Waals surface area contributed by atoms with E-state index in [1.165, 1.54) is 18.8 Å². The lowest BCUT2D eigenvalue weighted by molar-refractivity contribution is 0.361. The molecule has 0 bridgehead atoms. The molecule has 6 nitrogen and oxygen atoms in total. The van der Waals surface area contributed by atoms with Crippen molar-refractivity contribution < 1.29 is 9.47 Å². The van der Waals surface area contributed by atoms with Crippen LogP contribution in [0.25, 0.3) is 0 Å². The Morgan fingerprint density at radius 3 is 1.46 bits per heavy atom. The summed E-state index contributed by atoms with van der Waals surface area (Å²) in [5.74, 6) is 0. The number of rotatable bonds is 0. The molecule has 0 aliphatic carbocycles. The molecule has 0 atom stereocenters. The van der Waals surface area contributed by atoms with Crippen LogP contribution in [0.2, 0.25) is 0 Å². The maximum Gasteiger partial charge on any atom is 0.169 e. The minimum Gasteiger partial charge on any atom is -0.482 e. The molecule has 0 aromatic rings. The number of aliphatic imine (C=N–C) groups is 2. The minimum atomic E-state index is 0.778. The topological polar surface area (TPSA) is 90.9 Å². The highest BCUT2D eigenvalue weighted by molar-refractivity contribution is 5.48. The van der Waals surface area contributed by atoms with Crippen LogP contribution in [0.3, 0.4) is 0 Å². The van der Waals surface area contributed by atoms with Crippen LogP contribution >= 0.6 is 0 Å². The monoisotopic (exact) mass is 184 g/mol. The molecule has 0 amide bonds. The predicted molar refractivity (Wildman–Crippen MR) is 49.1 cm³/mol. The molecule has 0 saturated heterocycles. The molecule has 0 radical (unpaired) electrons. The molecule has 2 aliphatic heterocycles. The molecule has 0 fully saturated rings. The lowest BCUT2D eigenvalue weighted by Gasteiger charge is -1.76. The molecule has 2 aliphatic rings. The summed E-state index contributed by atoms with van der Waals surface area (Å²) < 4.78 is 9.31. The largest absolute Gasteiger partial charge is 0.482 e. The molecule has 72 valence electrons. The molecule has 13 heavy (non-hydrogen) atoms. The molecule has 6 heteroatoms. The summed E-state index contributed by atoms with van der Waals surface area (Å²) in [4.78, 5) is 7.47. The van der Waals surface area contributed by atoms with Crippen molar-refractivity contribution >= 4 is 18.8 Å². The highest BCUT2D eigenvalue weighted by Crippen LogP contribution is 1.79. The van der Waals surface area contributed by atoms with E-state index in [4.69, 9.17) is 10.8 Å². The Morgan fingerprint density at radius 2 is 1.38 bits per heavy atom. The normalized spacial score (nSPS) is 15.4. The van der Waals surface area contributed by atoms with Crippen LogP contribution in [-0.2, 0) is 9.47 Å². The van der Waals surface area contributed by atoms with Gasteiger partial charge < -0.3 is 9.47 Å². The zero-order valence-electron chi connectivity index (χ0n) is 7.19. The van der Waals surface area contributed by atoms with Gasteiger partial charge in [0, 0.05) is 0 Å². The highest BCUT2D eigenvalue weighted by atomic mass is 16.5. The van der Waals surface area contributed by atoms with Gasteiger partial charge in [0.25, 0.3) is 0 Å². The van der Waals surface area contributed by atoms with Crippen LogP contribution in [0.4, 0.5) is 0 Å². The molecule has 0 spiro atoms. The van der Waals surface area contributed by atoms with Gasteiger partial charge in [-0.15, -0.1) is 0 Å². The summed E-state index contributed by atoms with van der Waals surface area (Å²) in [6, 6.07) is 1.25. The van der Waals surface area contributed by atoms with Gasteiger partial charge >= 0.3 is 0 Å². The SMILES string of the molecule is C1=NCCO1.C1=NCCO1.N=C=N. The highest BCUT2D eigenvalue weighted by Gasteiger charge is 1.85. The Labute approximate surface area is 76.3 Å². The van der Waals surface area contributed by atoms with Gasteiger partial charge in [0.05, 0.1) is 19.1 Å². The van der Waals surface area contributed by atoms with Crippen molar-refractivity contribution in [3.8, 4) is 0 Å². The van der Waals surface area contributed by atoms with Crippen LogP contribution in [0, 0.1) is 10.8 Å². The van der Waals surface area contributed by atoms with Crippen molar-refractivity contribution in [2.45, 2.75) is 0 Å². The first-order valence-electron chi connectivity index (χ1n) is 3.70. The Bertz CT molecular complexity index is 169. The average Bonchev–Trinajstić information content (AvgIpc) is 2.85. The fourth-order valence-corrected chi connectivity index (χ4v) is 0.527. The number of hydrogen-bond donors (Lipinski definition) is 2. The Hall–Kier alpha value is -1.68. The van der Waals surface area contributed by atoms with E-state index >= 15 is 0 Å². The second kappa shape index (κ2) is 10.3. The first kappa shape index (κ1) is 11.3. The van der Waals surface area contributed by atoms with Gasteiger partial charge in [-0.05, 0) is 0 Å². The first-order valence-corrected chi connectivity index (χ1v) is 3.70. The smallest absolute Gasteiger partial charge is 0.169 e. The molecule has 2 heterocycles. The lowest BCUT2D eigenvalue weighted by Crippen LogP contribution is -1.80. The van der Waals surface area contributed by atoms with Crippen molar-refractivity contribution in [2.24, 2.45) is 9.98 Å². The Morgan fingerprint density at radius 1 is 1.00 bits per heavy atom. The van der Waals surface area contributed by atoms with Crippen LogP contribution in [-0.4, -0.2) is 45.1 Å². The first-order chi connectivity index (χ1) is 6.41. The second-order valence-electron chi connectivity index (χ2n) is 1.89. The average molecular weight is 184 g/mol. The zero-order valence-corrected chi connectivity index (χ0v) is 7.19. The van der Waals surface area contributed by atoms with Crippen molar-refractivity contribution in [1.82, 2.24) is 0 Å². The fraction of sp³-hybridized carbons (Fsp3) is 0.571.